The lowest BCUT2D eigenvalue weighted by Gasteiger charge is -2.37. The first-order chi connectivity index (χ1) is 17.0. The van der Waals surface area contributed by atoms with Crippen LogP contribution in [0.25, 0.3) is 5.52 Å². The summed E-state index contributed by atoms with van der Waals surface area (Å²) in [5.74, 6) is 2.42. The Labute approximate surface area is 205 Å². The molecule has 2 atom stereocenters. The Morgan fingerprint density at radius 1 is 1.11 bits per heavy atom. The van der Waals surface area contributed by atoms with Crippen LogP contribution in [0.5, 0.6) is 0 Å². The average molecular weight is 473 g/mol. The van der Waals surface area contributed by atoms with Crippen LogP contribution < -0.4 is 10.2 Å². The number of aryl methyl sites for hydroxylation is 1. The topological polar surface area (TPSA) is 94.5 Å². The summed E-state index contributed by atoms with van der Waals surface area (Å²) in [6.07, 6.45) is 2.87. The number of aromatic amines is 1. The fraction of sp³-hybridized carbons (Fsp3) is 0.385. The summed E-state index contributed by atoms with van der Waals surface area (Å²) in [5.41, 5.74) is 2.95. The van der Waals surface area contributed by atoms with Crippen LogP contribution in [-0.2, 0) is 4.79 Å². The van der Waals surface area contributed by atoms with E-state index in [-0.39, 0.29) is 17.7 Å². The maximum absolute atomic E-state index is 13.6. The molecule has 4 heterocycles. The van der Waals surface area contributed by atoms with Gasteiger partial charge in [-0.3, -0.25) is 9.89 Å². The Kier molecular flexibility index (Phi) is 6.39. The molecule has 0 spiro atoms. The van der Waals surface area contributed by atoms with E-state index in [4.69, 9.17) is 10.1 Å². The van der Waals surface area contributed by atoms with Crippen LogP contribution in [0.4, 0.5) is 17.6 Å². The molecule has 3 aromatic heterocycles. The molecule has 9 nitrogen and oxygen atoms in total. The Bertz CT molecular complexity index is 1290. The van der Waals surface area contributed by atoms with Gasteiger partial charge in [-0.2, -0.15) is 10.1 Å². The predicted octanol–water partition coefficient (Wildman–Crippen LogP) is 3.98. The number of fused-ring (bicyclic) bond motifs is 1. The molecule has 1 saturated heterocycles. The first-order valence-corrected chi connectivity index (χ1v) is 12.3. The number of anilines is 3. The molecule has 1 aliphatic heterocycles. The van der Waals surface area contributed by atoms with E-state index >= 15 is 0 Å². The van der Waals surface area contributed by atoms with E-state index in [1.54, 1.807) is 0 Å². The number of aromatic nitrogens is 5. The van der Waals surface area contributed by atoms with Crippen molar-refractivity contribution in [3.8, 4) is 0 Å². The number of nitrogens with one attached hydrogen (secondary N) is 2. The largest absolute Gasteiger partial charge is 0.339 e. The Morgan fingerprint density at radius 3 is 2.57 bits per heavy atom. The van der Waals surface area contributed by atoms with Gasteiger partial charge in [0.1, 0.15) is 5.52 Å². The van der Waals surface area contributed by atoms with Gasteiger partial charge in [0.05, 0.1) is 5.92 Å². The molecule has 9 heteroatoms. The average Bonchev–Trinajstić information content (AvgIpc) is 3.53. The van der Waals surface area contributed by atoms with Crippen LogP contribution in [0.15, 0.2) is 54.7 Å². The van der Waals surface area contributed by atoms with Crippen molar-refractivity contribution in [2.45, 2.75) is 33.1 Å². The highest BCUT2D eigenvalue weighted by molar-refractivity contribution is 5.84. The lowest BCUT2D eigenvalue weighted by Crippen LogP contribution is -2.51. The maximum atomic E-state index is 13.6. The number of piperazine rings is 1. The minimum atomic E-state index is -0.117. The molecule has 35 heavy (non-hydrogen) atoms. The van der Waals surface area contributed by atoms with E-state index in [0.717, 1.165) is 23.2 Å². The summed E-state index contributed by atoms with van der Waals surface area (Å²) < 4.78 is 1.83. The normalized spacial score (nSPS) is 15.9. The van der Waals surface area contributed by atoms with Gasteiger partial charge in [-0.15, -0.1) is 5.10 Å². The van der Waals surface area contributed by atoms with Crippen LogP contribution in [-0.4, -0.2) is 61.8 Å². The van der Waals surface area contributed by atoms with E-state index in [1.807, 2.05) is 58.9 Å². The smallest absolute Gasteiger partial charge is 0.245 e. The second-order valence-electron chi connectivity index (χ2n) is 9.25. The van der Waals surface area contributed by atoms with Crippen molar-refractivity contribution in [2.75, 3.05) is 36.4 Å². The number of amides is 1. The van der Waals surface area contributed by atoms with Crippen LogP contribution in [0.3, 0.4) is 0 Å². The number of hydrogen-bond donors (Lipinski definition) is 2. The van der Waals surface area contributed by atoms with Crippen LogP contribution in [0, 0.1) is 12.8 Å². The zero-order chi connectivity index (χ0) is 24.4. The molecule has 4 aromatic rings. The van der Waals surface area contributed by atoms with Gasteiger partial charge in [0, 0.05) is 44.1 Å². The molecule has 1 aromatic carbocycles. The molecule has 1 aliphatic rings. The van der Waals surface area contributed by atoms with E-state index in [9.17, 15) is 4.79 Å². The third-order valence-corrected chi connectivity index (χ3v) is 6.84. The van der Waals surface area contributed by atoms with Crippen LogP contribution >= 0.6 is 0 Å². The molecular weight excluding hydrogens is 440 g/mol. The van der Waals surface area contributed by atoms with Gasteiger partial charge >= 0.3 is 0 Å². The van der Waals surface area contributed by atoms with Gasteiger partial charge in [-0.05, 0) is 30.5 Å². The lowest BCUT2D eigenvalue weighted by atomic mass is 9.84. The number of hydrogen-bond acceptors (Lipinski definition) is 6. The van der Waals surface area contributed by atoms with Gasteiger partial charge in [-0.25, -0.2) is 4.52 Å². The van der Waals surface area contributed by atoms with Crippen LogP contribution in [0.2, 0.25) is 0 Å². The molecular formula is C26H32N8O. The lowest BCUT2D eigenvalue weighted by molar-refractivity contribution is -0.134. The predicted molar refractivity (Wildman–Crippen MR) is 137 cm³/mol. The summed E-state index contributed by atoms with van der Waals surface area (Å²) in [4.78, 5) is 22.6. The first-order valence-electron chi connectivity index (χ1n) is 12.3. The Morgan fingerprint density at radius 2 is 1.89 bits per heavy atom. The van der Waals surface area contributed by atoms with E-state index < -0.39 is 0 Å². The second kappa shape index (κ2) is 9.77. The highest BCUT2D eigenvalue weighted by atomic mass is 16.2. The third kappa shape index (κ3) is 4.71. The quantitative estimate of drug-likeness (QED) is 0.423. The number of H-pyrrole nitrogens is 1. The van der Waals surface area contributed by atoms with Crippen molar-refractivity contribution in [3.63, 3.8) is 0 Å². The third-order valence-electron chi connectivity index (χ3n) is 6.84. The van der Waals surface area contributed by atoms with Crippen molar-refractivity contribution < 1.29 is 4.79 Å². The molecule has 182 valence electrons. The number of carbonyl (C=O) groups is 1. The molecule has 2 N–H and O–H groups in total. The Balaban J connectivity index is 1.32. The minimum absolute atomic E-state index is 0.117. The van der Waals surface area contributed by atoms with Crippen molar-refractivity contribution >= 4 is 29.0 Å². The van der Waals surface area contributed by atoms with E-state index in [2.05, 4.69) is 46.4 Å². The molecule has 1 amide bonds. The van der Waals surface area contributed by atoms with Crippen molar-refractivity contribution in [3.05, 3.63) is 66.0 Å². The van der Waals surface area contributed by atoms with Gasteiger partial charge in [0.25, 0.3) is 0 Å². The standard InChI is InChI=1S/C26H32N8O/c1-4-18(2)23(20-9-6-5-7-10-20)25(35)32-13-15-33(16-14-32)26-28-24(21-11-8-12-34(21)31-26)27-22-17-19(3)29-30-22/h5-12,17-18,23H,4,13-16H2,1-3H3,(H2,27,28,29,30,31). The first kappa shape index (κ1) is 22.9. The van der Waals surface area contributed by atoms with Crippen molar-refractivity contribution in [2.24, 2.45) is 5.92 Å². The van der Waals surface area contributed by atoms with E-state index in [1.165, 1.54) is 0 Å². The fourth-order valence-corrected chi connectivity index (χ4v) is 4.69. The fourth-order valence-electron chi connectivity index (χ4n) is 4.69. The Hall–Kier alpha value is -3.88. The molecule has 5 rings (SSSR count). The van der Waals surface area contributed by atoms with Gasteiger partial charge < -0.3 is 15.1 Å². The maximum Gasteiger partial charge on any atom is 0.245 e. The highest BCUT2D eigenvalue weighted by Crippen LogP contribution is 2.30. The van der Waals surface area contributed by atoms with Crippen LogP contribution in [0.1, 0.15) is 37.4 Å². The number of nitrogens with zero attached hydrogens (tertiary/aromatic N) is 6. The summed E-state index contributed by atoms with van der Waals surface area (Å²) in [5, 5.41) is 15.2. The van der Waals surface area contributed by atoms with Crippen molar-refractivity contribution in [1.29, 1.82) is 0 Å². The number of carbonyl (C=O) groups excluding carboxylic acids is 1. The second-order valence-corrected chi connectivity index (χ2v) is 9.25. The van der Waals surface area contributed by atoms with Gasteiger partial charge in [0.2, 0.25) is 11.9 Å². The molecule has 1 fully saturated rings. The van der Waals surface area contributed by atoms with Crippen molar-refractivity contribution in [1.82, 2.24) is 29.7 Å². The molecule has 0 bridgehead atoms. The summed E-state index contributed by atoms with van der Waals surface area (Å²) in [6, 6.07) is 16.0. The molecule has 2 unspecified atom stereocenters. The zero-order valence-corrected chi connectivity index (χ0v) is 20.5. The molecule has 0 saturated carbocycles. The zero-order valence-electron chi connectivity index (χ0n) is 20.5. The summed E-state index contributed by atoms with van der Waals surface area (Å²) in [7, 11) is 0. The van der Waals surface area contributed by atoms with Gasteiger partial charge in [0.15, 0.2) is 11.6 Å². The van der Waals surface area contributed by atoms with Gasteiger partial charge in [-0.1, -0.05) is 50.6 Å². The number of rotatable bonds is 7. The summed E-state index contributed by atoms with van der Waals surface area (Å²) >= 11 is 0. The molecule has 0 aliphatic carbocycles. The SMILES string of the molecule is CCC(C)C(C(=O)N1CCN(c2nc(Nc3cc(C)[nH]n3)c3cccn3n2)CC1)c1ccccc1. The molecule has 0 radical (unpaired) electrons. The summed E-state index contributed by atoms with van der Waals surface area (Å²) in [6.45, 7) is 8.93. The monoisotopic (exact) mass is 472 g/mol. The number of benzene rings is 1. The highest BCUT2D eigenvalue weighted by Gasteiger charge is 2.32. The minimum Gasteiger partial charge on any atom is -0.339 e. The van der Waals surface area contributed by atoms with E-state index in [0.29, 0.717) is 43.8 Å².